The van der Waals surface area contributed by atoms with Gasteiger partial charge in [0.2, 0.25) is 0 Å². The molecule has 2 aliphatic heterocycles. The summed E-state index contributed by atoms with van der Waals surface area (Å²) >= 11 is 0. The first kappa shape index (κ1) is 22.1. The van der Waals surface area contributed by atoms with Crippen molar-refractivity contribution in [3.63, 3.8) is 0 Å². The lowest BCUT2D eigenvalue weighted by atomic mass is 9.89. The zero-order valence-corrected chi connectivity index (χ0v) is 18.2. The van der Waals surface area contributed by atoms with E-state index in [0.29, 0.717) is 6.04 Å². The predicted molar refractivity (Wildman–Crippen MR) is 112 cm³/mol. The van der Waals surface area contributed by atoms with Gasteiger partial charge in [-0.05, 0) is 97.1 Å². The highest BCUT2D eigenvalue weighted by molar-refractivity contribution is 4.84. The van der Waals surface area contributed by atoms with E-state index in [9.17, 15) is 5.11 Å². The Labute approximate surface area is 162 Å². The highest BCUT2D eigenvalue weighted by Crippen LogP contribution is 2.26. The number of likely N-dealkylation sites (tertiary alicyclic amines) is 2. The minimum Gasteiger partial charge on any atom is -0.393 e. The summed E-state index contributed by atoms with van der Waals surface area (Å²) in [4.78, 5) is 7.73. The van der Waals surface area contributed by atoms with Gasteiger partial charge in [0.25, 0.3) is 0 Å². The van der Waals surface area contributed by atoms with Gasteiger partial charge in [0, 0.05) is 18.6 Å². The van der Waals surface area contributed by atoms with Crippen molar-refractivity contribution in [2.75, 3.05) is 46.8 Å². The van der Waals surface area contributed by atoms with Crippen molar-refractivity contribution >= 4 is 0 Å². The molecule has 0 radical (unpaired) electrons. The molecule has 1 N–H and O–H groups in total. The number of hydrogen-bond donors (Lipinski definition) is 1. The molecule has 3 unspecified atom stereocenters. The summed E-state index contributed by atoms with van der Waals surface area (Å²) in [5.41, 5.74) is 0. The maximum Gasteiger partial charge on any atom is 0.0567 e. The zero-order chi connectivity index (χ0) is 19.1. The molecule has 26 heavy (non-hydrogen) atoms. The van der Waals surface area contributed by atoms with Gasteiger partial charge in [0.15, 0.2) is 0 Å². The Morgan fingerprint density at radius 1 is 0.962 bits per heavy atom. The molecule has 2 fully saturated rings. The molecule has 0 aromatic heterocycles. The third-order valence-corrected chi connectivity index (χ3v) is 6.70. The van der Waals surface area contributed by atoms with Crippen LogP contribution in [0.1, 0.15) is 65.7 Å². The molecular formula is C22H45N3O. The number of aliphatic hydroxyl groups excluding tert-OH is 1. The lowest BCUT2D eigenvalue weighted by Crippen LogP contribution is -2.46. The fourth-order valence-corrected chi connectivity index (χ4v) is 4.69. The van der Waals surface area contributed by atoms with Crippen molar-refractivity contribution in [1.29, 1.82) is 0 Å². The molecule has 4 nitrogen and oxygen atoms in total. The first-order chi connectivity index (χ1) is 12.3. The zero-order valence-electron chi connectivity index (χ0n) is 18.2. The average molecular weight is 368 g/mol. The minimum atomic E-state index is -0.0763. The topological polar surface area (TPSA) is 30.0 Å². The number of hydrogen-bond acceptors (Lipinski definition) is 4. The fraction of sp³-hybridized carbons (Fsp3) is 1.00. The minimum absolute atomic E-state index is 0.0763. The van der Waals surface area contributed by atoms with Gasteiger partial charge in [-0.3, -0.25) is 0 Å². The van der Waals surface area contributed by atoms with E-state index in [2.05, 4.69) is 49.6 Å². The van der Waals surface area contributed by atoms with E-state index in [1.54, 1.807) is 0 Å². The van der Waals surface area contributed by atoms with Gasteiger partial charge in [-0.1, -0.05) is 20.8 Å². The molecule has 2 aliphatic rings. The van der Waals surface area contributed by atoms with Crippen molar-refractivity contribution < 1.29 is 5.11 Å². The van der Waals surface area contributed by atoms with Crippen molar-refractivity contribution in [3.05, 3.63) is 0 Å². The van der Waals surface area contributed by atoms with Gasteiger partial charge in [-0.25, -0.2) is 0 Å². The predicted octanol–water partition coefficient (Wildman–Crippen LogP) is 3.30. The third kappa shape index (κ3) is 7.46. The maximum atomic E-state index is 10.2. The Kier molecular flexibility index (Phi) is 9.36. The van der Waals surface area contributed by atoms with E-state index in [-0.39, 0.29) is 6.10 Å². The summed E-state index contributed by atoms with van der Waals surface area (Å²) in [7, 11) is 4.43. The normalized spacial score (nSPS) is 28.2. The Morgan fingerprint density at radius 3 is 2.27 bits per heavy atom. The van der Waals surface area contributed by atoms with Crippen LogP contribution < -0.4 is 0 Å². The van der Waals surface area contributed by atoms with Crippen molar-refractivity contribution in [2.45, 2.75) is 83.9 Å². The van der Waals surface area contributed by atoms with E-state index in [4.69, 9.17) is 0 Å². The van der Waals surface area contributed by atoms with E-state index in [1.807, 2.05) is 0 Å². The monoisotopic (exact) mass is 367 g/mol. The molecule has 0 spiro atoms. The summed E-state index contributed by atoms with van der Waals surface area (Å²) in [6.07, 6.45) is 8.34. The van der Waals surface area contributed by atoms with Crippen LogP contribution in [0.25, 0.3) is 0 Å². The lowest BCUT2D eigenvalue weighted by Gasteiger charge is -2.40. The van der Waals surface area contributed by atoms with Crippen molar-refractivity contribution in [1.82, 2.24) is 14.7 Å². The van der Waals surface area contributed by atoms with E-state index >= 15 is 0 Å². The van der Waals surface area contributed by atoms with Gasteiger partial charge in [-0.15, -0.1) is 0 Å². The van der Waals surface area contributed by atoms with Crippen LogP contribution in [0.4, 0.5) is 0 Å². The molecule has 4 heteroatoms. The van der Waals surface area contributed by atoms with Crippen LogP contribution in [0, 0.1) is 11.8 Å². The van der Waals surface area contributed by atoms with Gasteiger partial charge < -0.3 is 19.8 Å². The van der Waals surface area contributed by atoms with Crippen LogP contribution in [0.2, 0.25) is 0 Å². The molecule has 2 heterocycles. The van der Waals surface area contributed by atoms with Crippen LogP contribution in [-0.2, 0) is 0 Å². The molecule has 0 aliphatic carbocycles. The second kappa shape index (κ2) is 11.0. The molecular weight excluding hydrogens is 322 g/mol. The summed E-state index contributed by atoms with van der Waals surface area (Å²) in [5.74, 6) is 1.52. The molecule has 154 valence electrons. The summed E-state index contributed by atoms with van der Waals surface area (Å²) < 4.78 is 0. The molecule has 2 saturated heterocycles. The van der Waals surface area contributed by atoms with Gasteiger partial charge in [0.1, 0.15) is 0 Å². The first-order valence-corrected chi connectivity index (χ1v) is 11.2. The van der Waals surface area contributed by atoms with Crippen LogP contribution >= 0.6 is 0 Å². The first-order valence-electron chi connectivity index (χ1n) is 11.2. The highest BCUT2D eigenvalue weighted by Gasteiger charge is 2.28. The molecule has 0 amide bonds. The molecule has 2 rings (SSSR count). The summed E-state index contributed by atoms with van der Waals surface area (Å²) in [6.45, 7) is 13.1. The van der Waals surface area contributed by atoms with E-state index < -0.39 is 0 Å². The van der Waals surface area contributed by atoms with E-state index in [1.165, 1.54) is 58.3 Å². The molecule has 0 saturated carbocycles. The van der Waals surface area contributed by atoms with Gasteiger partial charge in [-0.2, -0.15) is 0 Å². The largest absolute Gasteiger partial charge is 0.393 e. The lowest BCUT2D eigenvalue weighted by molar-refractivity contribution is 0.0290. The highest BCUT2D eigenvalue weighted by atomic mass is 16.3. The van der Waals surface area contributed by atoms with Crippen LogP contribution in [0.15, 0.2) is 0 Å². The molecule has 0 bridgehead atoms. The quantitative estimate of drug-likeness (QED) is 0.677. The second-order valence-electron chi connectivity index (χ2n) is 9.72. The smallest absolute Gasteiger partial charge is 0.0567 e. The number of nitrogens with zero attached hydrogens (tertiary/aromatic N) is 3. The van der Waals surface area contributed by atoms with Crippen LogP contribution in [-0.4, -0.2) is 84.8 Å². The average Bonchev–Trinajstić information content (AvgIpc) is 2.59. The van der Waals surface area contributed by atoms with E-state index in [0.717, 1.165) is 37.3 Å². The third-order valence-electron chi connectivity index (χ3n) is 6.70. The Hall–Kier alpha value is -0.160. The Bertz CT molecular complexity index is 380. The molecule has 0 aromatic rings. The van der Waals surface area contributed by atoms with Gasteiger partial charge >= 0.3 is 0 Å². The Morgan fingerprint density at radius 2 is 1.65 bits per heavy atom. The Balaban J connectivity index is 1.71. The SMILES string of the molecule is CC(C)CCN1CCC(O)CC1CC(C)CCN1CCC(N(C)C)CC1. The standard InChI is InChI=1S/C22H45N3O/c1-18(2)6-14-25-15-10-22(26)17-21(25)16-19(3)7-11-24-12-8-20(9-13-24)23(4)5/h18-22,26H,6-17H2,1-5H3. The van der Waals surface area contributed by atoms with Crippen molar-refractivity contribution in [2.24, 2.45) is 11.8 Å². The van der Waals surface area contributed by atoms with Gasteiger partial charge in [0.05, 0.1) is 6.10 Å². The molecule has 3 atom stereocenters. The van der Waals surface area contributed by atoms with Crippen molar-refractivity contribution in [3.8, 4) is 0 Å². The number of rotatable bonds is 9. The molecule has 0 aromatic carbocycles. The summed E-state index contributed by atoms with van der Waals surface area (Å²) in [5, 5.41) is 10.2. The van der Waals surface area contributed by atoms with Crippen LogP contribution in [0.5, 0.6) is 0 Å². The second-order valence-corrected chi connectivity index (χ2v) is 9.72. The summed E-state index contributed by atoms with van der Waals surface area (Å²) in [6, 6.07) is 1.37. The number of piperidine rings is 2. The maximum absolute atomic E-state index is 10.2. The fourth-order valence-electron chi connectivity index (χ4n) is 4.69. The van der Waals surface area contributed by atoms with Crippen LogP contribution in [0.3, 0.4) is 0 Å². The number of aliphatic hydroxyl groups is 1.